The Hall–Kier alpha value is -1.35. The van der Waals surface area contributed by atoms with Crippen LogP contribution in [0.5, 0.6) is 0 Å². The van der Waals surface area contributed by atoms with E-state index in [4.69, 9.17) is 0 Å². The minimum absolute atomic E-state index is 0.212. The zero-order valence-corrected chi connectivity index (χ0v) is 10.8. The number of hydrogen-bond acceptors (Lipinski definition) is 3. The molecule has 94 valence electrons. The summed E-state index contributed by atoms with van der Waals surface area (Å²) in [6.07, 6.45) is 2.02. The molecule has 0 heterocycles. The molecule has 3 nitrogen and oxygen atoms in total. The second-order valence-corrected chi connectivity index (χ2v) is 4.34. The van der Waals surface area contributed by atoms with Crippen molar-refractivity contribution >= 4 is 5.97 Å². The van der Waals surface area contributed by atoms with E-state index in [1.807, 2.05) is 25.1 Å². The van der Waals surface area contributed by atoms with Gasteiger partial charge in [0.15, 0.2) is 0 Å². The van der Waals surface area contributed by atoms with Crippen LogP contribution in [0.15, 0.2) is 30.3 Å². The van der Waals surface area contributed by atoms with Gasteiger partial charge < -0.3 is 10.1 Å². The molecule has 1 aromatic rings. The van der Waals surface area contributed by atoms with Crippen molar-refractivity contribution in [3.63, 3.8) is 0 Å². The Morgan fingerprint density at radius 2 is 1.94 bits per heavy atom. The summed E-state index contributed by atoms with van der Waals surface area (Å²) in [5.74, 6) is -0.212. The van der Waals surface area contributed by atoms with E-state index in [2.05, 4.69) is 29.1 Å². The van der Waals surface area contributed by atoms with Gasteiger partial charge in [0, 0.05) is 6.04 Å². The van der Waals surface area contributed by atoms with Crippen LogP contribution in [0.2, 0.25) is 0 Å². The average Bonchev–Trinajstić information content (AvgIpc) is 2.36. The first-order valence-electron chi connectivity index (χ1n) is 6.01. The lowest BCUT2D eigenvalue weighted by molar-refractivity contribution is -0.142. The Morgan fingerprint density at radius 3 is 2.53 bits per heavy atom. The number of hydrogen-bond donors (Lipinski definition) is 1. The summed E-state index contributed by atoms with van der Waals surface area (Å²) in [4.78, 5) is 11.2. The molecule has 1 rings (SSSR count). The molecule has 0 aliphatic rings. The van der Waals surface area contributed by atoms with Gasteiger partial charge in [-0.15, -0.1) is 0 Å². The molecule has 2 unspecified atom stereocenters. The quantitative estimate of drug-likeness (QED) is 0.768. The molecule has 0 bridgehead atoms. The smallest absolute Gasteiger partial charge is 0.322 e. The summed E-state index contributed by atoms with van der Waals surface area (Å²) in [6, 6.07) is 10.4. The number of benzene rings is 1. The van der Waals surface area contributed by atoms with E-state index in [0.29, 0.717) is 6.04 Å². The first-order chi connectivity index (χ1) is 8.13. The van der Waals surface area contributed by atoms with Crippen molar-refractivity contribution in [2.24, 2.45) is 0 Å². The monoisotopic (exact) mass is 235 g/mol. The van der Waals surface area contributed by atoms with Crippen molar-refractivity contribution in [1.29, 1.82) is 0 Å². The van der Waals surface area contributed by atoms with Gasteiger partial charge in [-0.05, 0) is 32.3 Å². The minimum Gasteiger partial charge on any atom is -0.468 e. The Kier molecular flexibility index (Phi) is 5.70. The molecule has 1 N–H and O–H groups in total. The van der Waals surface area contributed by atoms with Crippen molar-refractivity contribution in [1.82, 2.24) is 5.32 Å². The maximum Gasteiger partial charge on any atom is 0.322 e. The largest absolute Gasteiger partial charge is 0.468 e. The third-order valence-electron chi connectivity index (χ3n) is 2.80. The number of ether oxygens (including phenoxy) is 1. The molecule has 0 saturated carbocycles. The van der Waals surface area contributed by atoms with Crippen molar-refractivity contribution in [3.05, 3.63) is 35.9 Å². The number of nitrogens with one attached hydrogen (secondary N) is 1. The third kappa shape index (κ3) is 5.00. The molecule has 1 aromatic carbocycles. The van der Waals surface area contributed by atoms with E-state index in [-0.39, 0.29) is 12.0 Å². The average molecular weight is 235 g/mol. The molecular formula is C14H21NO2. The maximum atomic E-state index is 11.2. The molecule has 0 aliphatic carbocycles. The molecule has 2 atom stereocenters. The molecule has 0 aliphatic heterocycles. The van der Waals surface area contributed by atoms with Crippen LogP contribution < -0.4 is 5.32 Å². The summed E-state index contributed by atoms with van der Waals surface area (Å²) in [5, 5.41) is 3.23. The zero-order chi connectivity index (χ0) is 12.7. The summed E-state index contributed by atoms with van der Waals surface area (Å²) in [7, 11) is 1.41. The first kappa shape index (κ1) is 13.7. The predicted octanol–water partition coefficient (Wildman–Crippen LogP) is 2.16. The van der Waals surface area contributed by atoms with Gasteiger partial charge in [0.2, 0.25) is 0 Å². The molecule has 0 spiro atoms. The second kappa shape index (κ2) is 7.07. The number of carbonyl (C=O) groups excluding carboxylic acids is 1. The molecule has 3 heteroatoms. The summed E-state index contributed by atoms with van der Waals surface area (Å²) in [6.45, 7) is 3.91. The Balaban J connectivity index is 2.30. The Labute approximate surface area is 103 Å². The highest BCUT2D eigenvalue weighted by atomic mass is 16.5. The Morgan fingerprint density at radius 1 is 1.29 bits per heavy atom. The van der Waals surface area contributed by atoms with Gasteiger partial charge in [-0.1, -0.05) is 30.3 Å². The molecular weight excluding hydrogens is 214 g/mol. The van der Waals surface area contributed by atoms with Gasteiger partial charge in [0.25, 0.3) is 0 Å². The van der Waals surface area contributed by atoms with Crippen LogP contribution in [-0.2, 0) is 16.0 Å². The number of aryl methyl sites for hydroxylation is 1. The maximum absolute atomic E-state index is 11.2. The van der Waals surface area contributed by atoms with Crippen molar-refractivity contribution in [2.45, 2.75) is 38.8 Å². The van der Waals surface area contributed by atoms with Gasteiger partial charge in [-0.3, -0.25) is 4.79 Å². The lowest BCUT2D eigenvalue weighted by Gasteiger charge is -2.18. The number of carbonyl (C=O) groups is 1. The fourth-order valence-electron chi connectivity index (χ4n) is 1.78. The highest BCUT2D eigenvalue weighted by Gasteiger charge is 2.14. The number of esters is 1. The van der Waals surface area contributed by atoms with Gasteiger partial charge in [-0.2, -0.15) is 0 Å². The SMILES string of the molecule is COC(=O)C(C)NC(C)CCc1ccccc1. The molecule has 0 fully saturated rings. The lowest BCUT2D eigenvalue weighted by Crippen LogP contribution is -2.40. The van der Waals surface area contributed by atoms with Crippen molar-refractivity contribution < 1.29 is 9.53 Å². The van der Waals surface area contributed by atoms with Crippen LogP contribution in [0.3, 0.4) is 0 Å². The minimum atomic E-state index is -0.245. The lowest BCUT2D eigenvalue weighted by atomic mass is 10.1. The fraction of sp³-hybridized carbons (Fsp3) is 0.500. The molecule has 17 heavy (non-hydrogen) atoms. The highest BCUT2D eigenvalue weighted by Crippen LogP contribution is 2.05. The van der Waals surface area contributed by atoms with E-state index in [0.717, 1.165) is 12.8 Å². The topological polar surface area (TPSA) is 38.3 Å². The van der Waals surface area contributed by atoms with Gasteiger partial charge in [0.1, 0.15) is 6.04 Å². The molecule has 0 amide bonds. The van der Waals surface area contributed by atoms with E-state index in [1.54, 1.807) is 0 Å². The van der Waals surface area contributed by atoms with Crippen molar-refractivity contribution in [2.75, 3.05) is 7.11 Å². The third-order valence-corrected chi connectivity index (χ3v) is 2.80. The Bertz CT molecular complexity index is 337. The fourth-order valence-corrected chi connectivity index (χ4v) is 1.78. The van der Waals surface area contributed by atoms with E-state index < -0.39 is 0 Å². The zero-order valence-electron chi connectivity index (χ0n) is 10.8. The van der Waals surface area contributed by atoms with Crippen LogP contribution in [0, 0.1) is 0 Å². The van der Waals surface area contributed by atoms with Crippen molar-refractivity contribution in [3.8, 4) is 0 Å². The van der Waals surface area contributed by atoms with Gasteiger partial charge in [-0.25, -0.2) is 0 Å². The van der Waals surface area contributed by atoms with Crippen LogP contribution >= 0.6 is 0 Å². The molecule has 0 saturated heterocycles. The number of rotatable bonds is 6. The van der Waals surface area contributed by atoms with Crippen LogP contribution in [0.1, 0.15) is 25.8 Å². The molecule has 0 aromatic heterocycles. The molecule has 0 radical (unpaired) electrons. The van der Waals surface area contributed by atoms with Crippen LogP contribution in [0.4, 0.5) is 0 Å². The van der Waals surface area contributed by atoms with Crippen LogP contribution in [0.25, 0.3) is 0 Å². The normalized spacial score (nSPS) is 14.1. The summed E-state index contributed by atoms with van der Waals surface area (Å²) >= 11 is 0. The van der Waals surface area contributed by atoms with Crippen LogP contribution in [-0.4, -0.2) is 25.2 Å². The first-order valence-corrected chi connectivity index (χ1v) is 6.01. The van der Waals surface area contributed by atoms with Gasteiger partial charge >= 0.3 is 5.97 Å². The second-order valence-electron chi connectivity index (χ2n) is 4.34. The highest BCUT2D eigenvalue weighted by molar-refractivity contribution is 5.75. The van der Waals surface area contributed by atoms with E-state index in [9.17, 15) is 4.79 Å². The van der Waals surface area contributed by atoms with E-state index >= 15 is 0 Å². The predicted molar refractivity (Wildman–Crippen MR) is 68.8 cm³/mol. The van der Waals surface area contributed by atoms with Gasteiger partial charge in [0.05, 0.1) is 7.11 Å². The number of methoxy groups -OCH3 is 1. The van der Waals surface area contributed by atoms with E-state index in [1.165, 1.54) is 12.7 Å². The standard InChI is InChI=1S/C14H21NO2/c1-11(15-12(2)14(16)17-3)9-10-13-7-5-4-6-8-13/h4-8,11-12,15H,9-10H2,1-3H3. The summed E-state index contributed by atoms with van der Waals surface area (Å²) in [5.41, 5.74) is 1.33. The summed E-state index contributed by atoms with van der Waals surface area (Å²) < 4.78 is 4.67.